The molecule has 33 heavy (non-hydrogen) atoms. The van der Waals surface area contributed by atoms with Crippen LogP contribution < -0.4 is 0 Å². The van der Waals surface area contributed by atoms with Crippen LogP contribution in [-0.4, -0.2) is 18.5 Å². The highest BCUT2D eigenvalue weighted by Gasteiger charge is 2.24. The summed E-state index contributed by atoms with van der Waals surface area (Å²) < 4.78 is 7.00. The molecule has 3 heterocycles. The lowest BCUT2D eigenvalue weighted by molar-refractivity contribution is 1.08. The van der Waals surface area contributed by atoms with Gasteiger partial charge >= 0.3 is 0 Å². The Balaban J connectivity index is 1.79. The van der Waals surface area contributed by atoms with Crippen molar-refractivity contribution in [2.45, 2.75) is 13.8 Å². The maximum absolute atomic E-state index is 5.11. The first-order valence-electron chi connectivity index (χ1n) is 11.3. The minimum atomic E-state index is 0.930. The van der Waals surface area contributed by atoms with E-state index < -0.39 is 0 Å². The molecule has 0 N–H and O–H groups in total. The second kappa shape index (κ2) is 6.59. The third kappa shape index (κ3) is 2.43. The maximum atomic E-state index is 5.11. The molecule has 0 unspecified atom stereocenters. The van der Waals surface area contributed by atoms with Gasteiger partial charge in [0.25, 0.3) is 0 Å². The summed E-state index contributed by atoms with van der Waals surface area (Å²) in [6.07, 6.45) is 0. The van der Waals surface area contributed by atoms with Crippen molar-refractivity contribution < 1.29 is 0 Å². The molecule has 0 aliphatic rings. The summed E-state index contributed by atoms with van der Waals surface area (Å²) in [6.45, 7) is 4.33. The number of hydrogen-bond acceptors (Lipinski definition) is 1. The van der Waals surface area contributed by atoms with E-state index in [1.165, 1.54) is 27.5 Å². The van der Waals surface area contributed by atoms with Crippen molar-refractivity contribution in [3.05, 3.63) is 108 Å². The van der Waals surface area contributed by atoms with Crippen LogP contribution >= 0.6 is 0 Å². The topological polar surface area (TPSA) is 27.2 Å². The van der Waals surface area contributed by atoms with Crippen molar-refractivity contribution in [2.75, 3.05) is 0 Å². The van der Waals surface area contributed by atoms with Crippen LogP contribution in [0, 0.1) is 13.8 Å². The zero-order valence-electron chi connectivity index (χ0n) is 18.5. The van der Waals surface area contributed by atoms with Crippen LogP contribution in [0.5, 0.6) is 0 Å². The monoisotopic (exact) mass is 426 g/mol. The van der Waals surface area contributed by atoms with Gasteiger partial charge in [-0.15, -0.1) is 0 Å². The lowest BCUT2D eigenvalue weighted by Crippen LogP contribution is -1.97. The van der Waals surface area contributed by atoms with Gasteiger partial charge in [0.15, 0.2) is 5.65 Å². The minimum Gasteiger partial charge on any atom is -0.294 e. The van der Waals surface area contributed by atoms with Crippen LogP contribution in [0.4, 0.5) is 0 Å². The molecule has 4 heteroatoms. The highest BCUT2D eigenvalue weighted by atomic mass is 15.3. The molecule has 4 nitrogen and oxygen atoms in total. The molecule has 0 amide bonds. The summed E-state index contributed by atoms with van der Waals surface area (Å²) in [5.41, 5.74) is 10.4. The average molecular weight is 427 g/mol. The smallest absolute Gasteiger partial charge is 0.221 e. The van der Waals surface area contributed by atoms with Gasteiger partial charge < -0.3 is 0 Å². The Morgan fingerprint density at radius 1 is 0.606 bits per heavy atom. The molecule has 3 aromatic heterocycles. The second-order valence-corrected chi connectivity index (χ2v) is 8.70. The van der Waals surface area contributed by atoms with E-state index >= 15 is 0 Å². The third-order valence-electron chi connectivity index (χ3n) is 6.77. The lowest BCUT2D eigenvalue weighted by Gasteiger charge is -2.08. The van der Waals surface area contributed by atoms with E-state index in [2.05, 4.69) is 124 Å². The van der Waals surface area contributed by atoms with Gasteiger partial charge in [0.05, 0.1) is 16.6 Å². The molecular formula is C29H22N4. The molecule has 0 aliphatic heterocycles. The van der Waals surface area contributed by atoms with Gasteiger partial charge in [0.2, 0.25) is 5.78 Å². The number of imidazole rings is 2. The normalized spacial score (nSPS) is 11.9. The molecule has 4 aromatic carbocycles. The van der Waals surface area contributed by atoms with E-state index in [0.717, 1.165) is 33.8 Å². The zero-order valence-corrected chi connectivity index (χ0v) is 18.5. The fourth-order valence-corrected chi connectivity index (χ4v) is 5.06. The van der Waals surface area contributed by atoms with E-state index in [9.17, 15) is 0 Å². The van der Waals surface area contributed by atoms with Gasteiger partial charge in [-0.05, 0) is 67.4 Å². The maximum Gasteiger partial charge on any atom is 0.221 e. The molecule has 0 atom stereocenters. The van der Waals surface area contributed by atoms with Gasteiger partial charge in [-0.25, -0.2) is 4.98 Å². The Morgan fingerprint density at radius 3 is 2.15 bits per heavy atom. The fourth-order valence-electron chi connectivity index (χ4n) is 5.06. The van der Waals surface area contributed by atoms with E-state index in [4.69, 9.17) is 4.98 Å². The molecule has 158 valence electrons. The first-order valence-corrected chi connectivity index (χ1v) is 11.3. The van der Waals surface area contributed by atoms with E-state index in [0.29, 0.717) is 0 Å². The van der Waals surface area contributed by atoms with Crippen LogP contribution in [0.2, 0.25) is 0 Å². The predicted molar refractivity (Wildman–Crippen MR) is 136 cm³/mol. The van der Waals surface area contributed by atoms with Gasteiger partial charge in [-0.1, -0.05) is 54.6 Å². The van der Waals surface area contributed by atoms with Crippen molar-refractivity contribution in [2.24, 2.45) is 0 Å². The number of hydrogen-bond donors (Lipinski definition) is 0. The van der Waals surface area contributed by atoms with Gasteiger partial charge in [0.1, 0.15) is 5.52 Å². The molecule has 7 rings (SSSR count). The molecule has 0 saturated carbocycles. The second-order valence-electron chi connectivity index (χ2n) is 8.70. The molecular weight excluding hydrogens is 404 g/mol. The molecule has 7 aromatic rings. The molecule has 0 spiro atoms. The fraction of sp³-hybridized carbons (Fsp3) is 0.0690. The molecule has 0 aliphatic carbocycles. The lowest BCUT2D eigenvalue weighted by atomic mass is 10.1. The third-order valence-corrected chi connectivity index (χ3v) is 6.77. The van der Waals surface area contributed by atoms with Crippen molar-refractivity contribution in [3.8, 4) is 11.4 Å². The summed E-state index contributed by atoms with van der Waals surface area (Å²) in [4.78, 5) is 5.11. The van der Waals surface area contributed by atoms with Crippen LogP contribution in [0.15, 0.2) is 97.1 Å². The summed E-state index contributed by atoms with van der Waals surface area (Å²) in [7, 11) is 0. The highest BCUT2D eigenvalue weighted by molar-refractivity contribution is 6.10. The first-order chi connectivity index (χ1) is 16.2. The van der Waals surface area contributed by atoms with Crippen LogP contribution in [0.1, 0.15) is 11.1 Å². The molecule has 0 radical (unpaired) electrons. The SMILES string of the molecule is Cc1ccc(-n2c3c4ccccc4n(-c4ccccc4)c3n3c4ccccc4nc23)cc1C. The van der Waals surface area contributed by atoms with E-state index in [1.54, 1.807) is 0 Å². The minimum absolute atomic E-state index is 0.930. The van der Waals surface area contributed by atoms with Crippen LogP contribution in [0.3, 0.4) is 0 Å². The van der Waals surface area contributed by atoms with Crippen LogP contribution in [-0.2, 0) is 0 Å². The molecule has 0 bridgehead atoms. The van der Waals surface area contributed by atoms with Gasteiger partial charge in [-0.3, -0.25) is 13.5 Å². The van der Waals surface area contributed by atoms with Crippen molar-refractivity contribution >= 4 is 38.9 Å². The Kier molecular flexibility index (Phi) is 3.65. The number of nitrogens with zero attached hydrogens (tertiary/aromatic N) is 4. The Morgan fingerprint density at radius 2 is 1.33 bits per heavy atom. The summed E-state index contributed by atoms with van der Waals surface area (Å²) >= 11 is 0. The zero-order chi connectivity index (χ0) is 22.1. The van der Waals surface area contributed by atoms with Crippen molar-refractivity contribution in [3.63, 3.8) is 0 Å². The summed E-state index contributed by atoms with van der Waals surface area (Å²) in [5, 5.41) is 1.21. The number of fused-ring (bicyclic) bond motifs is 7. The highest BCUT2D eigenvalue weighted by Crippen LogP contribution is 2.38. The molecule has 0 fully saturated rings. The summed E-state index contributed by atoms with van der Waals surface area (Å²) in [5.74, 6) is 0.930. The van der Waals surface area contributed by atoms with Crippen molar-refractivity contribution in [1.29, 1.82) is 0 Å². The molecule has 0 saturated heterocycles. The predicted octanol–water partition coefficient (Wildman–Crippen LogP) is 6.99. The standard InChI is InChI=1S/C29H22N4/c1-19-16-17-22(18-20(19)2)32-27-23-12-6-8-14-25(23)31(21-10-4-3-5-11-21)28(27)33-26-15-9-7-13-24(26)30-29(32)33/h3-18H,1-2H3. The Hall–Kier alpha value is -4.31. The quantitative estimate of drug-likeness (QED) is 0.293. The number of aromatic nitrogens is 4. The number of benzene rings is 4. The van der Waals surface area contributed by atoms with Crippen molar-refractivity contribution in [1.82, 2.24) is 18.5 Å². The Labute approximate surface area is 190 Å². The van der Waals surface area contributed by atoms with Crippen LogP contribution in [0.25, 0.3) is 50.3 Å². The summed E-state index contributed by atoms with van der Waals surface area (Å²) in [6, 6.07) is 34.3. The number of para-hydroxylation sites is 4. The largest absolute Gasteiger partial charge is 0.294 e. The first kappa shape index (κ1) is 18.3. The number of rotatable bonds is 2. The van der Waals surface area contributed by atoms with Gasteiger partial charge in [-0.2, -0.15) is 0 Å². The average Bonchev–Trinajstić information content (AvgIpc) is 3.47. The van der Waals surface area contributed by atoms with E-state index in [1.807, 2.05) is 0 Å². The Bertz CT molecular complexity index is 1830. The number of aryl methyl sites for hydroxylation is 2. The van der Waals surface area contributed by atoms with Gasteiger partial charge in [0, 0.05) is 16.8 Å². The van der Waals surface area contributed by atoms with E-state index in [-0.39, 0.29) is 0 Å².